The fourth-order valence-electron chi connectivity index (χ4n) is 2.52. The predicted octanol–water partition coefficient (Wildman–Crippen LogP) is 3.67. The Labute approximate surface area is 111 Å². The van der Waals surface area contributed by atoms with Crippen LogP contribution in [0.15, 0.2) is 28.7 Å². The van der Waals surface area contributed by atoms with Gasteiger partial charge < -0.3 is 4.90 Å². The Morgan fingerprint density at radius 1 is 1.29 bits per heavy atom. The molecule has 3 heteroatoms. The Balaban J connectivity index is 1.79. The molecule has 17 heavy (non-hydrogen) atoms. The molecule has 0 bridgehead atoms. The molecule has 0 N–H and O–H groups in total. The quantitative estimate of drug-likeness (QED) is 0.802. The molecule has 1 aromatic rings. The van der Waals surface area contributed by atoms with Gasteiger partial charge in [-0.3, -0.25) is 4.39 Å². The van der Waals surface area contributed by atoms with Gasteiger partial charge in [0, 0.05) is 17.6 Å². The SMILES string of the molecule is FCCCN1CC[C@H](Cc2ccc(Br)cc2)C1. The van der Waals surface area contributed by atoms with Crippen molar-refractivity contribution >= 4 is 15.9 Å². The average Bonchev–Trinajstić information content (AvgIpc) is 2.77. The number of hydrogen-bond donors (Lipinski definition) is 0. The number of nitrogens with zero attached hydrogens (tertiary/aromatic N) is 1. The normalized spacial score (nSPS) is 20.9. The van der Waals surface area contributed by atoms with E-state index in [1.54, 1.807) is 0 Å². The van der Waals surface area contributed by atoms with Gasteiger partial charge in [0.15, 0.2) is 0 Å². The highest BCUT2D eigenvalue weighted by atomic mass is 79.9. The Hall–Kier alpha value is -0.410. The summed E-state index contributed by atoms with van der Waals surface area (Å²) in [5.74, 6) is 0.746. The molecule has 2 rings (SSSR count). The molecule has 0 amide bonds. The molecule has 1 fully saturated rings. The van der Waals surface area contributed by atoms with Crippen LogP contribution in [0.3, 0.4) is 0 Å². The summed E-state index contributed by atoms with van der Waals surface area (Å²) in [6.45, 7) is 3.01. The van der Waals surface area contributed by atoms with Crippen molar-refractivity contribution < 1.29 is 4.39 Å². The van der Waals surface area contributed by atoms with Crippen LogP contribution in [-0.2, 0) is 6.42 Å². The van der Waals surface area contributed by atoms with Crippen molar-refractivity contribution in [3.63, 3.8) is 0 Å². The summed E-state index contributed by atoms with van der Waals surface area (Å²) < 4.78 is 13.2. The zero-order valence-corrected chi connectivity index (χ0v) is 11.6. The number of benzene rings is 1. The van der Waals surface area contributed by atoms with Gasteiger partial charge in [-0.1, -0.05) is 28.1 Å². The molecule has 0 aliphatic carbocycles. The lowest BCUT2D eigenvalue weighted by Gasteiger charge is -2.14. The molecule has 0 radical (unpaired) electrons. The van der Waals surface area contributed by atoms with Gasteiger partial charge in [0.1, 0.15) is 0 Å². The lowest BCUT2D eigenvalue weighted by molar-refractivity contribution is 0.301. The van der Waals surface area contributed by atoms with Gasteiger partial charge in [0.05, 0.1) is 6.67 Å². The smallest absolute Gasteiger partial charge is 0.0906 e. The second-order valence-electron chi connectivity index (χ2n) is 4.83. The minimum absolute atomic E-state index is 0.187. The third kappa shape index (κ3) is 4.07. The van der Waals surface area contributed by atoms with Crippen LogP contribution in [0.1, 0.15) is 18.4 Å². The second kappa shape index (κ2) is 6.50. The summed E-state index contributed by atoms with van der Waals surface area (Å²) in [6.07, 6.45) is 3.09. The van der Waals surface area contributed by atoms with Gasteiger partial charge in [0.2, 0.25) is 0 Å². The fourth-order valence-corrected chi connectivity index (χ4v) is 2.78. The van der Waals surface area contributed by atoms with E-state index in [-0.39, 0.29) is 6.67 Å². The number of rotatable bonds is 5. The third-order valence-corrected chi connectivity index (χ3v) is 3.94. The van der Waals surface area contributed by atoms with Gasteiger partial charge in [-0.15, -0.1) is 0 Å². The predicted molar refractivity (Wildman–Crippen MR) is 73.0 cm³/mol. The summed E-state index contributed by atoms with van der Waals surface area (Å²) in [6, 6.07) is 8.58. The van der Waals surface area contributed by atoms with E-state index in [9.17, 15) is 4.39 Å². The minimum atomic E-state index is -0.187. The number of likely N-dealkylation sites (tertiary alicyclic amines) is 1. The molecule has 0 aromatic heterocycles. The summed E-state index contributed by atoms with van der Waals surface area (Å²) >= 11 is 3.45. The Kier molecular flexibility index (Phi) is 4.99. The van der Waals surface area contributed by atoms with Gasteiger partial charge >= 0.3 is 0 Å². The Morgan fingerprint density at radius 2 is 2.06 bits per heavy atom. The molecule has 1 nitrogen and oxygen atoms in total. The molecule has 1 atom stereocenters. The molecule has 0 unspecified atom stereocenters. The van der Waals surface area contributed by atoms with Gasteiger partial charge in [-0.25, -0.2) is 0 Å². The number of alkyl halides is 1. The Bertz CT molecular complexity index is 339. The molecule has 0 spiro atoms. The van der Waals surface area contributed by atoms with Gasteiger partial charge in [-0.05, 0) is 49.4 Å². The topological polar surface area (TPSA) is 3.24 Å². The van der Waals surface area contributed by atoms with E-state index >= 15 is 0 Å². The molecule has 1 aromatic carbocycles. The molecular weight excluding hydrogens is 281 g/mol. The zero-order chi connectivity index (χ0) is 12.1. The van der Waals surface area contributed by atoms with E-state index in [4.69, 9.17) is 0 Å². The highest BCUT2D eigenvalue weighted by Gasteiger charge is 2.21. The molecule has 1 saturated heterocycles. The average molecular weight is 300 g/mol. The van der Waals surface area contributed by atoms with Crippen LogP contribution in [-0.4, -0.2) is 31.2 Å². The van der Waals surface area contributed by atoms with Crippen LogP contribution in [0.2, 0.25) is 0 Å². The molecule has 1 aliphatic heterocycles. The molecule has 94 valence electrons. The van der Waals surface area contributed by atoms with Gasteiger partial charge in [-0.2, -0.15) is 0 Å². The van der Waals surface area contributed by atoms with Crippen LogP contribution in [0.5, 0.6) is 0 Å². The second-order valence-corrected chi connectivity index (χ2v) is 5.74. The number of hydrogen-bond acceptors (Lipinski definition) is 1. The van der Waals surface area contributed by atoms with E-state index in [1.807, 2.05) is 0 Å². The maximum absolute atomic E-state index is 12.1. The lowest BCUT2D eigenvalue weighted by atomic mass is 9.99. The maximum atomic E-state index is 12.1. The van der Waals surface area contributed by atoms with E-state index in [0.29, 0.717) is 6.42 Å². The van der Waals surface area contributed by atoms with E-state index in [0.717, 1.165) is 36.4 Å². The summed E-state index contributed by atoms with van der Waals surface area (Å²) in [4.78, 5) is 2.39. The van der Waals surface area contributed by atoms with Crippen molar-refractivity contribution in [1.82, 2.24) is 4.90 Å². The molecule has 1 aliphatic rings. The van der Waals surface area contributed by atoms with Crippen molar-refractivity contribution in [2.24, 2.45) is 5.92 Å². The third-order valence-electron chi connectivity index (χ3n) is 3.42. The first-order valence-electron chi connectivity index (χ1n) is 6.30. The molecular formula is C14H19BrFN. The lowest BCUT2D eigenvalue weighted by Crippen LogP contribution is -2.22. The molecule has 1 heterocycles. The van der Waals surface area contributed by atoms with Crippen molar-refractivity contribution in [2.45, 2.75) is 19.3 Å². The van der Waals surface area contributed by atoms with Crippen LogP contribution in [0.4, 0.5) is 4.39 Å². The first kappa shape index (κ1) is 13.0. The summed E-state index contributed by atoms with van der Waals surface area (Å²) in [5.41, 5.74) is 1.41. The minimum Gasteiger partial charge on any atom is -0.303 e. The Morgan fingerprint density at radius 3 is 2.76 bits per heavy atom. The van der Waals surface area contributed by atoms with Gasteiger partial charge in [0.25, 0.3) is 0 Å². The monoisotopic (exact) mass is 299 g/mol. The van der Waals surface area contributed by atoms with Crippen molar-refractivity contribution in [2.75, 3.05) is 26.3 Å². The van der Waals surface area contributed by atoms with E-state index in [1.165, 1.54) is 12.0 Å². The maximum Gasteiger partial charge on any atom is 0.0906 e. The highest BCUT2D eigenvalue weighted by molar-refractivity contribution is 9.10. The summed E-state index contributed by atoms with van der Waals surface area (Å²) in [7, 11) is 0. The fraction of sp³-hybridized carbons (Fsp3) is 0.571. The summed E-state index contributed by atoms with van der Waals surface area (Å²) in [5, 5.41) is 0. The van der Waals surface area contributed by atoms with Crippen molar-refractivity contribution in [3.8, 4) is 0 Å². The first-order valence-corrected chi connectivity index (χ1v) is 7.10. The largest absolute Gasteiger partial charge is 0.303 e. The zero-order valence-electron chi connectivity index (χ0n) is 10.0. The van der Waals surface area contributed by atoms with Crippen LogP contribution < -0.4 is 0 Å². The number of halogens is 2. The first-order chi connectivity index (χ1) is 8.28. The van der Waals surface area contributed by atoms with E-state index < -0.39 is 0 Å². The standard InChI is InChI=1S/C14H19BrFN/c15-14-4-2-12(3-5-14)10-13-6-9-17(11-13)8-1-7-16/h2-5,13H,1,6-11H2/t13-/m1/s1. The van der Waals surface area contributed by atoms with Crippen LogP contribution >= 0.6 is 15.9 Å². The van der Waals surface area contributed by atoms with Crippen LogP contribution in [0.25, 0.3) is 0 Å². The van der Waals surface area contributed by atoms with Crippen molar-refractivity contribution in [1.29, 1.82) is 0 Å². The molecule has 0 saturated carbocycles. The highest BCUT2D eigenvalue weighted by Crippen LogP contribution is 2.21. The van der Waals surface area contributed by atoms with E-state index in [2.05, 4.69) is 45.1 Å². The van der Waals surface area contributed by atoms with Crippen LogP contribution in [0, 0.1) is 5.92 Å². The van der Waals surface area contributed by atoms with Crippen molar-refractivity contribution in [3.05, 3.63) is 34.3 Å².